The summed E-state index contributed by atoms with van der Waals surface area (Å²) in [6, 6.07) is 8.27. The van der Waals surface area contributed by atoms with Crippen molar-refractivity contribution in [2.24, 2.45) is 0 Å². The molecule has 0 atom stereocenters. The Labute approximate surface area is 180 Å². The first-order valence-corrected chi connectivity index (χ1v) is 10.8. The van der Waals surface area contributed by atoms with Crippen molar-refractivity contribution in [3.8, 4) is 18.0 Å². The number of aromatic nitrogens is 3. The standard InChI is InChI=1S/C18H9N3O6S3/c22-13(10-4-1-7-28-10)25-16-19-17(26-14(23)11-5-2-8-29-11)21-18(20-16)27-15(24)12-6-3-9-30-12/h1-9H. The predicted molar refractivity (Wildman–Crippen MR) is 108 cm³/mol. The Bertz CT molecular complexity index is 1010. The molecule has 9 nitrogen and oxygen atoms in total. The maximum absolute atomic E-state index is 12.2. The van der Waals surface area contributed by atoms with Gasteiger partial charge in [-0.15, -0.1) is 49.0 Å². The van der Waals surface area contributed by atoms with E-state index in [1.807, 2.05) is 0 Å². The monoisotopic (exact) mass is 459 g/mol. The van der Waals surface area contributed by atoms with E-state index in [0.29, 0.717) is 14.6 Å². The lowest BCUT2D eigenvalue weighted by molar-refractivity contribution is 0.0696. The number of thiophene rings is 3. The summed E-state index contributed by atoms with van der Waals surface area (Å²) >= 11 is 3.49. The second kappa shape index (κ2) is 8.90. The summed E-state index contributed by atoms with van der Waals surface area (Å²) in [5.41, 5.74) is 0. The van der Waals surface area contributed by atoms with Crippen molar-refractivity contribution in [2.75, 3.05) is 0 Å². The summed E-state index contributed by atoms with van der Waals surface area (Å²) in [4.78, 5) is 48.9. The molecular weight excluding hydrogens is 450 g/mol. The maximum Gasteiger partial charge on any atom is 0.356 e. The van der Waals surface area contributed by atoms with Crippen molar-refractivity contribution in [1.29, 1.82) is 0 Å². The van der Waals surface area contributed by atoms with E-state index in [1.165, 1.54) is 0 Å². The first kappa shape index (κ1) is 19.8. The van der Waals surface area contributed by atoms with Crippen LogP contribution in [0.1, 0.15) is 29.0 Å². The van der Waals surface area contributed by atoms with Crippen LogP contribution < -0.4 is 14.2 Å². The second-order valence-electron chi connectivity index (χ2n) is 5.28. The summed E-state index contributed by atoms with van der Waals surface area (Å²) < 4.78 is 15.3. The molecule has 4 aromatic rings. The van der Waals surface area contributed by atoms with Crippen LogP contribution in [0.4, 0.5) is 0 Å². The first-order chi connectivity index (χ1) is 14.6. The molecule has 0 aliphatic rings. The smallest absolute Gasteiger partial charge is 0.356 e. The van der Waals surface area contributed by atoms with Crippen LogP contribution in [-0.2, 0) is 0 Å². The molecule has 0 saturated heterocycles. The van der Waals surface area contributed by atoms with Gasteiger partial charge >= 0.3 is 35.9 Å². The lowest BCUT2D eigenvalue weighted by Gasteiger charge is -2.06. The molecule has 0 saturated carbocycles. The molecule has 0 N–H and O–H groups in total. The molecule has 0 aromatic carbocycles. The van der Waals surface area contributed by atoms with Gasteiger partial charge in [0.1, 0.15) is 14.6 Å². The molecule has 0 unspecified atom stereocenters. The highest BCUT2D eigenvalue weighted by molar-refractivity contribution is 7.12. The van der Waals surface area contributed by atoms with Crippen molar-refractivity contribution < 1.29 is 28.6 Å². The van der Waals surface area contributed by atoms with E-state index < -0.39 is 35.9 Å². The Hall–Kier alpha value is -3.48. The molecule has 0 radical (unpaired) electrons. The molecule has 12 heteroatoms. The largest absolute Gasteiger partial charge is 0.386 e. The molecule has 4 rings (SSSR count). The highest BCUT2D eigenvalue weighted by Gasteiger charge is 2.20. The van der Waals surface area contributed by atoms with Gasteiger partial charge < -0.3 is 14.2 Å². The Morgan fingerprint density at radius 1 is 0.567 bits per heavy atom. The minimum Gasteiger partial charge on any atom is -0.386 e. The predicted octanol–water partition coefficient (Wildman–Crippen LogP) is 3.71. The van der Waals surface area contributed by atoms with Gasteiger partial charge in [-0.3, -0.25) is 0 Å². The highest BCUT2D eigenvalue weighted by Crippen LogP contribution is 2.20. The van der Waals surface area contributed by atoms with Crippen molar-refractivity contribution in [3.05, 3.63) is 67.2 Å². The van der Waals surface area contributed by atoms with E-state index in [4.69, 9.17) is 14.2 Å². The summed E-state index contributed by atoms with van der Waals surface area (Å²) in [5, 5.41) is 5.10. The maximum atomic E-state index is 12.2. The fraction of sp³-hybridized carbons (Fsp3) is 0. The minimum absolute atomic E-state index is 0.310. The summed E-state index contributed by atoms with van der Waals surface area (Å²) in [5.74, 6) is -2.16. The molecule has 4 heterocycles. The molecule has 4 aromatic heterocycles. The van der Waals surface area contributed by atoms with E-state index >= 15 is 0 Å². The van der Waals surface area contributed by atoms with Crippen LogP contribution in [0.2, 0.25) is 0 Å². The van der Waals surface area contributed by atoms with Crippen molar-refractivity contribution in [2.45, 2.75) is 0 Å². The zero-order chi connectivity index (χ0) is 20.9. The molecule has 0 amide bonds. The number of nitrogens with zero attached hydrogens (tertiary/aromatic N) is 3. The molecule has 0 aliphatic heterocycles. The van der Waals surface area contributed by atoms with Gasteiger partial charge in [-0.2, -0.15) is 0 Å². The van der Waals surface area contributed by atoms with Crippen LogP contribution in [0.15, 0.2) is 52.5 Å². The van der Waals surface area contributed by atoms with Crippen molar-refractivity contribution in [3.63, 3.8) is 0 Å². The Balaban J connectivity index is 1.60. The summed E-state index contributed by atoms with van der Waals surface area (Å²) in [6.07, 6.45) is 0. The van der Waals surface area contributed by atoms with Gasteiger partial charge in [0.25, 0.3) is 0 Å². The lowest BCUT2D eigenvalue weighted by Crippen LogP contribution is -2.15. The fourth-order valence-corrected chi connectivity index (χ4v) is 3.84. The molecule has 30 heavy (non-hydrogen) atoms. The minimum atomic E-state index is -0.720. The normalized spacial score (nSPS) is 10.4. The van der Waals surface area contributed by atoms with E-state index in [1.54, 1.807) is 52.5 Å². The van der Waals surface area contributed by atoms with Gasteiger partial charge in [-0.1, -0.05) is 18.2 Å². The van der Waals surface area contributed by atoms with Crippen molar-refractivity contribution in [1.82, 2.24) is 15.0 Å². The third-order valence-corrected chi connectivity index (χ3v) is 5.84. The quantitative estimate of drug-likeness (QED) is 0.398. The average Bonchev–Trinajstić information content (AvgIpc) is 3.51. The number of rotatable bonds is 6. The molecule has 0 bridgehead atoms. The summed E-state index contributed by atoms with van der Waals surface area (Å²) in [6.45, 7) is 0. The van der Waals surface area contributed by atoms with E-state index in [9.17, 15) is 14.4 Å². The van der Waals surface area contributed by atoms with Crippen molar-refractivity contribution >= 4 is 51.9 Å². The zero-order valence-corrected chi connectivity index (χ0v) is 17.2. The average molecular weight is 459 g/mol. The van der Waals surface area contributed by atoms with Crippen LogP contribution >= 0.6 is 34.0 Å². The third-order valence-electron chi connectivity index (χ3n) is 3.29. The van der Waals surface area contributed by atoms with Gasteiger partial charge in [-0.25, -0.2) is 14.4 Å². The second-order valence-corrected chi connectivity index (χ2v) is 8.13. The molecular formula is C18H9N3O6S3. The Kier molecular flexibility index (Phi) is 5.88. The fourth-order valence-electron chi connectivity index (χ4n) is 2.04. The Morgan fingerprint density at radius 3 is 1.10 bits per heavy atom. The number of carbonyl (C=O) groups excluding carboxylic acids is 3. The van der Waals surface area contributed by atoms with Gasteiger partial charge in [0.05, 0.1) is 0 Å². The summed E-state index contributed by atoms with van der Waals surface area (Å²) in [7, 11) is 0. The zero-order valence-electron chi connectivity index (χ0n) is 14.7. The topological polar surface area (TPSA) is 118 Å². The van der Waals surface area contributed by atoms with Gasteiger partial charge in [0, 0.05) is 0 Å². The van der Waals surface area contributed by atoms with Crippen LogP contribution in [0.5, 0.6) is 18.0 Å². The number of hydrogen-bond acceptors (Lipinski definition) is 12. The van der Waals surface area contributed by atoms with Crippen LogP contribution in [0.3, 0.4) is 0 Å². The highest BCUT2D eigenvalue weighted by atomic mass is 32.1. The molecule has 0 fully saturated rings. The first-order valence-electron chi connectivity index (χ1n) is 8.11. The SMILES string of the molecule is O=C(Oc1nc(OC(=O)c2cccs2)nc(OC(=O)c2cccs2)n1)c1cccs1. The Morgan fingerprint density at radius 2 is 0.867 bits per heavy atom. The van der Waals surface area contributed by atoms with Gasteiger partial charge in [0.2, 0.25) is 0 Å². The van der Waals surface area contributed by atoms with Crippen LogP contribution in [-0.4, -0.2) is 32.9 Å². The van der Waals surface area contributed by atoms with E-state index in [-0.39, 0.29) is 0 Å². The van der Waals surface area contributed by atoms with Gasteiger partial charge in [0.15, 0.2) is 0 Å². The molecule has 0 aliphatic carbocycles. The van der Waals surface area contributed by atoms with E-state index in [0.717, 1.165) is 34.0 Å². The van der Waals surface area contributed by atoms with Crippen LogP contribution in [0.25, 0.3) is 0 Å². The number of esters is 3. The molecule has 150 valence electrons. The number of hydrogen-bond donors (Lipinski definition) is 0. The lowest BCUT2D eigenvalue weighted by atomic mass is 10.5. The van der Waals surface area contributed by atoms with E-state index in [2.05, 4.69) is 15.0 Å². The molecule has 0 spiro atoms. The number of ether oxygens (including phenoxy) is 3. The third kappa shape index (κ3) is 4.74. The van der Waals surface area contributed by atoms with Crippen LogP contribution in [0, 0.1) is 0 Å². The van der Waals surface area contributed by atoms with Gasteiger partial charge in [-0.05, 0) is 34.3 Å². The number of carbonyl (C=O) groups is 3.